The summed E-state index contributed by atoms with van der Waals surface area (Å²) in [5, 5.41) is 4.50. The van der Waals surface area contributed by atoms with Crippen LogP contribution >= 0.6 is 11.3 Å². The van der Waals surface area contributed by atoms with Crippen LogP contribution in [0.2, 0.25) is 0 Å². The van der Waals surface area contributed by atoms with Crippen molar-refractivity contribution in [3.05, 3.63) is 81.7 Å². The Morgan fingerprint density at radius 2 is 1.89 bits per heavy atom. The standard InChI is InChI=1S/C26H26N6O3S/c1-31-11-9-19(10-12-31)35-20-14-28-26(29-15-20)18-4-2-3-17(13-18)16-32-24(33)8-5-21(30-32)22-6-7-23(36-22)25(27)34/h2-8,13-15,19H,9-12,16H2,1H3,(H2,27,34). The second kappa shape index (κ2) is 10.4. The molecule has 0 radical (unpaired) electrons. The normalized spacial score (nSPS) is 14.6. The highest BCUT2D eigenvalue weighted by Crippen LogP contribution is 2.26. The maximum absolute atomic E-state index is 12.5. The van der Waals surface area contributed by atoms with E-state index in [1.807, 2.05) is 24.3 Å². The molecule has 0 bridgehead atoms. The minimum absolute atomic E-state index is 0.192. The molecule has 1 aliphatic heterocycles. The number of nitrogens with two attached hydrogens (primary N) is 1. The van der Waals surface area contributed by atoms with Gasteiger partial charge in [-0.15, -0.1) is 11.3 Å². The van der Waals surface area contributed by atoms with Crippen molar-refractivity contribution in [2.24, 2.45) is 5.73 Å². The van der Waals surface area contributed by atoms with Crippen molar-refractivity contribution in [2.45, 2.75) is 25.5 Å². The van der Waals surface area contributed by atoms with Gasteiger partial charge in [-0.3, -0.25) is 9.59 Å². The van der Waals surface area contributed by atoms with Gasteiger partial charge in [0, 0.05) is 24.7 Å². The van der Waals surface area contributed by atoms with Gasteiger partial charge in [0.15, 0.2) is 11.6 Å². The van der Waals surface area contributed by atoms with Crippen LogP contribution < -0.4 is 16.0 Å². The lowest BCUT2D eigenvalue weighted by molar-refractivity contribution is 0.100. The number of ether oxygens (including phenoxy) is 1. The summed E-state index contributed by atoms with van der Waals surface area (Å²) in [7, 11) is 2.12. The van der Waals surface area contributed by atoms with E-state index in [1.165, 1.54) is 22.1 Å². The van der Waals surface area contributed by atoms with Gasteiger partial charge in [-0.1, -0.05) is 18.2 Å². The molecule has 9 nitrogen and oxygen atoms in total. The van der Waals surface area contributed by atoms with E-state index in [2.05, 4.69) is 27.0 Å². The van der Waals surface area contributed by atoms with E-state index in [4.69, 9.17) is 10.5 Å². The highest BCUT2D eigenvalue weighted by Gasteiger charge is 2.18. The molecule has 5 rings (SSSR count). The first-order chi connectivity index (χ1) is 17.4. The second-order valence-corrected chi connectivity index (χ2v) is 9.89. The number of rotatable bonds is 7. The summed E-state index contributed by atoms with van der Waals surface area (Å²) in [5.41, 5.74) is 7.47. The van der Waals surface area contributed by atoms with E-state index in [0.29, 0.717) is 22.1 Å². The number of piperidine rings is 1. The van der Waals surface area contributed by atoms with E-state index in [-0.39, 0.29) is 18.2 Å². The summed E-state index contributed by atoms with van der Waals surface area (Å²) >= 11 is 1.25. The predicted molar refractivity (Wildman–Crippen MR) is 138 cm³/mol. The Hall–Kier alpha value is -3.89. The van der Waals surface area contributed by atoms with Crippen molar-refractivity contribution < 1.29 is 9.53 Å². The second-order valence-electron chi connectivity index (χ2n) is 8.81. The molecule has 36 heavy (non-hydrogen) atoms. The van der Waals surface area contributed by atoms with Gasteiger partial charge < -0.3 is 15.4 Å². The third kappa shape index (κ3) is 5.50. The number of benzene rings is 1. The number of hydrogen-bond donors (Lipinski definition) is 1. The average molecular weight is 503 g/mol. The van der Waals surface area contributed by atoms with E-state index in [9.17, 15) is 9.59 Å². The van der Waals surface area contributed by atoms with Crippen LogP contribution in [0.15, 0.2) is 65.7 Å². The molecule has 0 unspecified atom stereocenters. The van der Waals surface area contributed by atoms with E-state index < -0.39 is 5.91 Å². The van der Waals surface area contributed by atoms with Crippen LogP contribution in [-0.4, -0.2) is 56.8 Å². The Morgan fingerprint density at radius 3 is 2.61 bits per heavy atom. The van der Waals surface area contributed by atoms with Crippen LogP contribution in [0.25, 0.3) is 22.0 Å². The summed E-state index contributed by atoms with van der Waals surface area (Å²) in [6.45, 7) is 2.34. The van der Waals surface area contributed by atoms with Crippen molar-refractivity contribution in [3.63, 3.8) is 0 Å². The van der Waals surface area contributed by atoms with Gasteiger partial charge in [-0.2, -0.15) is 5.10 Å². The van der Waals surface area contributed by atoms with E-state index >= 15 is 0 Å². The molecule has 1 saturated heterocycles. The lowest BCUT2D eigenvalue weighted by Crippen LogP contribution is -2.35. The lowest BCUT2D eigenvalue weighted by atomic mass is 10.1. The summed E-state index contributed by atoms with van der Waals surface area (Å²) in [6, 6.07) is 14.3. The number of carbonyl (C=O) groups excluding carboxylic acids is 1. The van der Waals surface area contributed by atoms with Crippen molar-refractivity contribution in [1.29, 1.82) is 0 Å². The average Bonchev–Trinajstić information content (AvgIpc) is 3.38. The van der Waals surface area contributed by atoms with E-state index in [0.717, 1.165) is 41.9 Å². The van der Waals surface area contributed by atoms with Gasteiger partial charge in [0.25, 0.3) is 11.5 Å². The zero-order valence-electron chi connectivity index (χ0n) is 19.8. The molecule has 1 amide bonds. The predicted octanol–water partition coefficient (Wildman–Crippen LogP) is 3.05. The molecule has 1 aromatic carbocycles. The maximum atomic E-state index is 12.5. The summed E-state index contributed by atoms with van der Waals surface area (Å²) in [5.74, 6) is 0.768. The van der Waals surface area contributed by atoms with Gasteiger partial charge >= 0.3 is 0 Å². The van der Waals surface area contributed by atoms with Gasteiger partial charge in [0.1, 0.15) is 11.8 Å². The summed E-state index contributed by atoms with van der Waals surface area (Å²) in [4.78, 5) is 36.4. The zero-order valence-corrected chi connectivity index (χ0v) is 20.6. The first-order valence-electron chi connectivity index (χ1n) is 11.7. The minimum Gasteiger partial charge on any atom is -0.487 e. The molecule has 0 saturated carbocycles. The first kappa shape index (κ1) is 23.8. The van der Waals surface area contributed by atoms with Gasteiger partial charge in [0.2, 0.25) is 0 Å². The van der Waals surface area contributed by atoms with Crippen LogP contribution in [-0.2, 0) is 6.54 Å². The molecular formula is C26H26N6O3S. The van der Waals surface area contributed by atoms with Crippen molar-refractivity contribution >= 4 is 17.2 Å². The van der Waals surface area contributed by atoms with Crippen molar-refractivity contribution in [2.75, 3.05) is 20.1 Å². The highest BCUT2D eigenvalue weighted by molar-refractivity contribution is 7.17. The highest BCUT2D eigenvalue weighted by atomic mass is 32.1. The molecule has 4 aromatic rings. The molecule has 1 fully saturated rings. The number of carbonyl (C=O) groups is 1. The third-order valence-corrected chi connectivity index (χ3v) is 7.20. The van der Waals surface area contributed by atoms with Crippen LogP contribution in [0.4, 0.5) is 0 Å². The molecule has 0 atom stereocenters. The van der Waals surface area contributed by atoms with Crippen LogP contribution in [0.3, 0.4) is 0 Å². The van der Waals surface area contributed by atoms with Crippen LogP contribution in [0.1, 0.15) is 28.1 Å². The molecule has 0 spiro atoms. The van der Waals surface area contributed by atoms with Crippen molar-refractivity contribution in [3.8, 4) is 27.7 Å². The number of likely N-dealkylation sites (tertiary alicyclic amines) is 1. The fourth-order valence-corrected chi connectivity index (χ4v) is 4.93. The number of thiophene rings is 1. The third-order valence-electron chi connectivity index (χ3n) is 6.08. The Labute approximate surface area is 212 Å². The topological polar surface area (TPSA) is 116 Å². The number of hydrogen-bond acceptors (Lipinski definition) is 8. The fourth-order valence-electron chi connectivity index (χ4n) is 4.10. The molecule has 4 heterocycles. The van der Waals surface area contributed by atoms with Gasteiger partial charge in [0.05, 0.1) is 28.7 Å². The summed E-state index contributed by atoms with van der Waals surface area (Å²) in [6.07, 6.45) is 5.60. The fraction of sp³-hybridized carbons (Fsp3) is 0.269. The van der Waals surface area contributed by atoms with Crippen molar-refractivity contribution in [1.82, 2.24) is 24.6 Å². The Bertz CT molecular complexity index is 1420. The minimum atomic E-state index is -0.486. The molecule has 3 aromatic heterocycles. The molecule has 184 valence electrons. The maximum Gasteiger partial charge on any atom is 0.267 e. The summed E-state index contributed by atoms with van der Waals surface area (Å²) < 4.78 is 7.45. The largest absolute Gasteiger partial charge is 0.487 e. The Kier molecular flexibility index (Phi) is 6.88. The first-order valence-corrected chi connectivity index (χ1v) is 12.5. The number of aromatic nitrogens is 4. The van der Waals surface area contributed by atoms with Crippen LogP contribution in [0, 0.1) is 0 Å². The van der Waals surface area contributed by atoms with E-state index in [1.54, 1.807) is 30.6 Å². The lowest BCUT2D eigenvalue weighted by Gasteiger charge is -2.29. The van der Waals surface area contributed by atoms with Crippen LogP contribution in [0.5, 0.6) is 5.75 Å². The Balaban J connectivity index is 1.31. The SMILES string of the molecule is CN1CCC(Oc2cnc(-c3cccc(Cn4nc(-c5ccc(C(N)=O)s5)ccc4=O)c3)nc2)CC1. The Morgan fingerprint density at radius 1 is 1.11 bits per heavy atom. The molecule has 1 aliphatic rings. The molecule has 0 aliphatic carbocycles. The number of amides is 1. The number of primary amides is 1. The van der Waals surface area contributed by atoms with Gasteiger partial charge in [-0.05, 0) is 49.7 Å². The number of nitrogens with zero attached hydrogens (tertiary/aromatic N) is 5. The zero-order chi connectivity index (χ0) is 25.1. The molecular weight excluding hydrogens is 476 g/mol. The monoisotopic (exact) mass is 502 g/mol. The molecule has 2 N–H and O–H groups in total. The smallest absolute Gasteiger partial charge is 0.267 e. The quantitative estimate of drug-likeness (QED) is 0.413. The molecule has 10 heteroatoms. The van der Waals surface area contributed by atoms with Gasteiger partial charge in [-0.25, -0.2) is 14.6 Å².